The minimum Gasteiger partial charge on any atom is -0.493 e. The molecule has 0 atom stereocenters. The van der Waals surface area contributed by atoms with Crippen LogP contribution in [0.1, 0.15) is 11.3 Å². The molecule has 0 spiro atoms. The molecule has 0 saturated heterocycles. The maximum atomic E-state index is 12.4. The van der Waals surface area contributed by atoms with Crippen LogP contribution in [0.5, 0.6) is 11.5 Å². The lowest BCUT2D eigenvalue weighted by Crippen LogP contribution is -2.18. The summed E-state index contributed by atoms with van der Waals surface area (Å²) in [6, 6.07) is 9.89. The summed E-state index contributed by atoms with van der Waals surface area (Å²) < 4.78 is 34.3. The van der Waals surface area contributed by atoms with Crippen LogP contribution in [0.2, 0.25) is 0 Å². The van der Waals surface area contributed by atoms with Crippen molar-refractivity contribution in [3.05, 3.63) is 41.6 Å². The monoisotopic (exact) mass is 320 g/mol. The Hall–Kier alpha value is -2.95. The molecular formula is C15H14F2N4O2. The van der Waals surface area contributed by atoms with E-state index in [1.807, 2.05) is 6.07 Å². The van der Waals surface area contributed by atoms with Gasteiger partial charge in [-0.05, 0) is 29.8 Å². The van der Waals surface area contributed by atoms with E-state index in [4.69, 9.17) is 10.00 Å². The van der Waals surface area contributed by atoms with Gasteiger partial charge in [-0.15, -0.1) is 10.2 Å². The van der Waals surface area contributed by atoms with Crippen LogP contribution in [0.3, 0.4) is 0 Å². The molecule has 0 amide bonds. The molecular weight excluding hydrogens is 306 g/mol. The Morgan fingerprint density at radius 2 is 2.00 bits per heavy atom. The molecule has 0 fully saturated rings. The summed E-state index contributed by atoms with van der Waals surface area (Å²) in [5.74, 6) is 0.755. The lowest BCUT2D eigenvalue weighted by atomic mass is 10.2. The van der Waals surface area contributed by atoms with Crippen molar-refractivity contribution < 1.29 is 18.3 Å². The first-order valence-corrected chi connectivity index (χ1v) is 6.60. The number of ether oxygens (including phenoxy) is 2. The Balaban J connectivity index is 2.16. The fourth-order valence-corrected chi connectivity index (χ4v) is 1.95. The van der Waals surface area contributed by atoms with Gasteiger partial charge >= 0.3 is 6.61 Å². The third kappa shape index (κ3) is 4.26. The van der Waals surface area contributed by atoms with Gasteiger partial charge in [-0.3, -0.25) is 0 Å². The highest BCUT2D eigenvalue weighted by Crippen LogP contribution is 2.30. The quantitative estimate of drug-likeness (QED) is 0.815. The van der Waals surface area contributed by atoms with Gasteiger partial charge < -0.3 is 14.4 Å². The average Bonchev–Trinajstić information content (AvgIpc) is 2.54. The number of nitrogens with zero attached hydrogens (tertiary/aromatic N) is 4. The lowest BCUT2D eigenvalue weighted by Gasteiger charge is -2.18. The van der Waals surface area contributed by atoms with Crippen molar-refractivity contribution in [1.29, 1.82) is 5.26 Å². The van der Waals surface area contributed by atoms with Crippen LogP contribution >= 0.6 is 0 Å². The van der Waals surface area contributed by atoms with Crippen LogP contribution in [0, 0.1) is 11.3 Å². The maximum Gasteiger partial charge on any atom is 0.387 e. The number of aromatic nitrogens is 2. The molecule has 0 unspecified atom stereocenters. The first-order chi connectivity index (χ1) is 11.0. The highest BCUT2D eigenvalue weighted by Gasteiger charge is 2.12. The number of rotatable bonds is 6. The predicted molar refractivity (Wildman–Crippen MR) is 78.5 cm³/mol. The first-order valence-electron chi connectivity index (χ1n) is 6.60. The van der Waals surface area contributed by atoms with E-state index in [2.05, 4.69) is 14.9 Å². The van der Waals surface area contributed by atoms with E-state index in [9.17, 15) is 8.78 Å². The second-order valence-electron chi connectivity index (χ2n) is 4.61. The Morgan fingerprint density at radius 3 is 2.57 bits per heavy atom. The van der Waals surface area contributed by atoms with Gasteiger partial charge in [0.2, 0.25) is 0 Å². The molecule has 0 aliphatic heterocycles. The van der Waals surface area contributed by atoms with Gasteiger partial charge in [0.15, 0.2) is 23.0 Å². The molecule has 0 N–H and O–H groups in total. The second kappa shape index (κ2) is 7.35. The number of hydrogen-bond acceptors (Lipinski definition) is 6. The van der Waals surface area contributed by atoms with Crippen LogP contribution in [-0.2, 0) is 6.54 Å². The molecule has 2 aromatic rings. The molecule has 1 heterocycles. The van der Waals surface area contributed by atoms with E-state index in [0.29, 0.717) is 12.4 Å². The molecule has 0 aliphatic rings. The summed E-state index contributed by atoms with van der Waals surface area (Å²) in [7, 11) is 3.15. The molecule has 120 valence electrons. The molecule has 23 heavy (non-hydrogen) atoms. The zero-order chi connectivity index (χ0) is 16.8. The summed E-state index contributed by atoms with van der Waals surface area (Å²) in [5.41, 5.74) is 0.953. The van der Waals surface area contributed by atoms with E-state index in [1.54, 1.807) is 36.2 Å². The normalized spacial score (nSPS) is 10.3. The van der Waals surface area contributed by atoms with Crippen molar-refractivity contribution in [2.45, 2.75) is 13.2 Å². The van der Waals surface area contributed by atoms with Gasteiger partial charge in [-0.25, -0.2) is 0 Å². The SMILES string of the molecule is COc1ccc(CN(C)c2ccc(C#N)nn2)cc1OC(F)F. The molecule has 2 rings (SSSR count). The van der Waals surface area contributed by atoms with E-state index >= 15 is 0 Å². The minimum absolute atomic E-state index is 0.0284. The minimum atomic E-state index is -2.93. The third-order valence-corrected chi connectivity index (χ3v) is 3.02. The van der Waals surface area contributed by atoms with Crippen LogP contribution in [-0.4, -0.2) is 31.0 Å². The summed E-state index contributed by atoms with van der Waals surface area (Å²) in [4.78, 5) is 1.77. The molecule has 6 nitrogen and oxygen atoms in total. The van der Waals surface area contributed by atoms with Gasteiger partial charge in [0.1, 0.15) is 6.07 Å². The molecule has 0 aliphatic carbocycles. The van der Waals surface area contributed by atoms with Gasteiger partial charge in [-0.2, -0.15) is 14.0 Å². The number of benzene rings is 1. The Bertz CT molecular complexity index is 702. The third-order valence-electron chi connectivity index (χ3n) is 3.02. The zero-order valence-electron chi connectivity index (χ0n) is 12.5. The van der Waals surface area contributed by atoms with Crippen molar-refractivity contribution >= 4 is 5.82 Å². The lowest BCUT2D eigenvalue weighted by molar-refractivity contribution is -0.0512. The fourth-order valence-electron chi connectivity index (χ4n) is 1.95. The van der Waals surface area contributed by atoms with E-state index in [-0.39, 0.29) is 17.2 Å². The Kier molecular flexibility index (Phi) is 5.25. The standard InChI is InChI=1S/C15H14F2N4O2/c1-21(14-6-4-11(8-18)19-20-14)9-10-3-5-12(22-2)13(7-10)23-15(16)17/h3-7,15H,9H2,1-2H3. The van der Waals surface area contributed by atoms with Crippen LogP contribution < -0.4 is 14.4 Å². The predicted octanol–water partition coefficient (Wildman–Crippen LogP) is 2.59. The van der Waals surface area contributed by atoms with Crippen molar-refractivity contribution in [2.75, 3.05) is 19.1 Å². The van der Waals surface area contributed by atoms with Gasteiger partial charge in [-0.1, -0.05) is 6.07 Å². The van der Waals surface area contributed by atoms with Crippen molar-refractivity contribution in [3.8, 4) is 17.6 Å². The molecule has 1 aromatic heterocycles. The fraction of sp³-hybridized carbons (Fsp3) is 0.267. The smallest absolute Gasteiger partial charge is 0.387 e. The number of nitriles is 1. The van der Waals surface area contributed by atoms with Crippen molar-refractivity contribution in [2.24, 2.45) is 0 Å². The Labute approximate surface area is 131 Å². The molecule has 8 heteroatoms. The number of alkyl halides is 2. The summed E-state index contributed by atoms with van der Waals surface area (Å²) in [5, 5.41) is 16.4. The summed E-state index contributed by atoms with van der Waals surface area (Å²) in [6.07, 6.45) is 0. The molecule has 0 bridgehead atoms. The number of hydrogen-bond donors (Lipinski definition) is 0. The second-order valence-corrected chi connectivity index (χ2v) is 4.61. The largest absolute Gasteiger partial charge is 0.493 e. The average molecular weight is 320 g/mol. The van der Waals surface area contributed by atoms with E-state index in [1.165, 1.54) is 13.2 Å². The van der Waals surface area contributed by atoms with Crippen LogP contribution in [0.4, 0.5) is 14.6 Å². The first kappa shape index (κ1) is 16.4. The zero-order valence-corrected chi connectivity index (χ0v) is 12.5. The van der Waals surface area contributed by atoms with Crippen LogP contribution in [0.25, 0.3) is 0 Å². The van der Waals surface area contributed by atoms with Crippen LogP contribution in [0.15, 0.2) is 30.3 Å². The highest BCUT2D eigenvalue weighted by molar-refractivity contribution is 5.45. The number of methoxy groups -OCH3 is 1. The topological polar surface area (TPSA) is 71.3 Å². The van der Waals surface area contributed by atoms with Gasteiger partial charge in [0, 0.05) is 13.6 Å². The maximum absolute atomic E-state index is 12.4. The van der Waals surface area contributed by atoms with E-state index in [0.717, 1.165) is 5.56 Å². The number of halogens is 2. The van der Waals surface area contributed by atoms with Gasteiger partial charge in [0.05, 0.1) is 7.11 Å². The van der Waals surface area contributed by atoms with Gasteiger partial charge in [0.25, 0.3) is 0 Å². The van der Waals surface area contributed by atoms with E-state index < -0.39 is 6.61 Å². The molecule has 0 radical (unpaired) electrons. The molecule has 0 saturated carbocycles. The Morgan fingerprint density at radius 1 is 1.22 bits per heavy atom. The summed E-state index contributed by atoms with van der Waals surface area (Å²) in [6.45, 7) is -2.54. The summed E-state index contributed by atoms with van der Waals surface area (Å²) >= 11 is 0. The molecule has 1 aromatic carbocycles. The number of anilines is 1. The van der Waals surface area contributed by atoms with Crippen molar-refractivity contribution in [3.63, 3.8) is 0 Å². The van der Waals surface area contributed by atoms with Crippen molar-refractivity contribution in [1.82, 2.24) is 10.2 Å². The highest BCUT2D eigenvalue weighted by atomic mass is 19.3.